The van der Waals surface area contributed by atoms with Gasteiger partial charge in [-0.15, -0.1) is 0 Å². The normalized spacial score (nSPS) is 23.4. The Balaban J connectivity index is 2.42. The van der Waals surface area contributed by atoms with Crippen LogP contribution in [0.1, 0.15) is 20.8 Å². The van der Waals surface area contributed by atoms with Gasteiger partial charge in [0.1, 0.15) is 0 Å². The molecule has 2 nitrogen and oxygen atoms in total. The molecular formula is C9H16F3NO. The first-order valence-electron chi connectivity index (χ1n) is 4.62. The van der Waals surface area contributed by atoms with E-state index >= 15 is 0 Å². The van der Waals surface area contributed by atoms with Crippen LogP contribution in [0, 0.1) is 5.92 Å². The van der Waals surface area contributed by atoms with Crippen LogP contribution in [0.15, 0.2) is 0 Å². The molecule has 1 atom stereocenters. The summed E-state index contributed by atoms with van der Waals surface area (Å²) < 4.78 is 36.2. The average molecular weight is 211 g/mol. The SMILES string of the molecule is CC(C)(C)N1CC(C(O)C(F)(F)F)C1. The number of hydrogen-bond acceptors (Lipinski definition) is 2. The van der Waals surface area contributed by atoms with Crippen LogP contribution >= 0.6 is 0 Å². The Morgan fingerprint density at radius 1 is 1.21 bits per heavy atom. The summed E-state index contributed by atoms with van der Waals surface area (Å²) in [5, 5.41) is 8.94. The van der Waals surface area contributed by atoms with Gasteiger partial charge in [-0.2, -0.15) is 13.2 Å². The van der Waals surface area contributed by atoms with Crippen molar-refractivity contribution in [1.29, 1.82) is 0 Å². The van der Waals surface area contributed by atoms with E-state index < -0.39 is 18.2 Å². The van der Waals surface area contributed by atoms with Crippen molar-refractivity contribution in [1.82, 2.24) is 4.90 Å². The topological polar surface area (TPSA) is 23.5 Å². The minimum atomic E-state index is -4.48. The number of aliphatic hydroxyl groups excluding tert-OH is 1. The molecule has 0 aromatic carbocycles. The molecule has 0 aromatic rings. The van der Waals surface area contributed by atoms with E-state index in [2.05, 4.69) is 0 Å². The summed E-state index contributed by atoms with van der Waals surface area (Å²) in [4.78, 5) is 1.92. The second-order valence-corrected chi connectivity index (χ2v) is 4.82. The maximum Gasteiger partial charge on any atom is 0.414 e. The molecule has 0 bridgehead atoms. The lowest BCUT2D eigenvalue weighted by Crippen LogP contribution is -2.61. The van der Waals surface area contributed by atoms with E-state index in [9.17, 15) is 13.2 Å². The molecule has 0 aromatic heterocycles. The van der Waals surface area contributed by atoms with Gasteiger partial charge in [-0.3, -0.25) is 4.90 Å². The molecule has 1 rings (SSSR count). The van der Waals surface area contributed by atoms with Gasteiger partial charge < -0.3 is 5.11 Å². The van der Waals surface area contributed by atoms with Crippen LogP contribution in [0.5, 0.6) is 0 Å². The lowest BCUT2D eigenvalue weighted by atomic mass is 9.88. The molecule has 84 valence electrons. The van der Waals surface area contributed by atoms with E-state index in [-0.39, 0.29) is 5.54 Å². The Morgan fingerprint density at radius 3 is 1.93 bits per heavy atom. The third-order valence-corrected chi connectivity index (χ3v) is 2.64. The number of likely N-dealkylation sites (tertiary alicyclic amines) is 1. The zero-order valence-corrected chi connectivity index (χ0v) is 8.60. The summed E-state index contributed by atoms with van der Waals surface area (Å²) in [5.74, 6) is -0.658. The third-order valence-electron chi connectivity index (χ3n) is 2.64. The van der Waals surface area contributed by atoms with Gasteiger partial charge in [-0.05, 0) is 20.8 Å². The fourth-order valence-corrected chi connectivity index (χ4v) is 1.53. The zero-order chi connectivity index (χ0) is 11.1. The lowest BCUT2D eigenvalue weighted by Gasteiger charge is -2.49. The molecule has 1 fully saturated rings. The molecule has 0 amide bonds. The third kappa shape index (κ3) is 2.39. The smallest absolute Gasteiger partial charge is 0.383 e. The van der Waals surface area contributed by atoms with Crippen molar-refractivity contribution in [3.8, 4) is 0 Å². The molecule has 1 aliphatic heterocycles. The van der Waals surface area contributed by atoms with Crippen LogP contribution in [0.4, 0.5) is 13.2 Å². The van der Waals surface area contributed by atoms with Crippen molar-refractivity contribution >= 4 is 0 Å². The maximum atomic E-state index is 12.1. The highest BCUT2D eigenvalue weighted by atomic mass is 19.4. The number of rotatable bonds is 1. The Labute approximate surface area is 81.7 Å². The van der Waals surface area contributed by atoms with Gasteiger partial charge in [0.15, 0.2) is 6.10 Å². The largest absolute Gasteiger partial charge is 0.414 e. The van der Waals surface area contributed by atoms with Crippen LogP contribution < -0.4 is 0 Å². The van der Waals surface area contributed by atoms with Gasteiger partial charge in [0.05, 0.1) is 0 Å². The number of nitrogens with zero attached hydrogens (tertiary/aromatic N) is 1. The van der Waals surface area contributed by atoms with Gasteiger partial charge in [-0.1, -0.05) is 0 Å². The van der Waals surface area contributed by atoms with Gasteiger partial charge in [-0.25, -0.2) is 0 Å². The predicted octanol–water partition coefficient (Wildman–Crippen LogP) is 1.64. The molecule has 0 aliphatic carbocycles. The van der Waals surface area contributed by atoms with Crippen molar-refractivity contribution < 1.29 is 18.3 Å². The van der Waals surface area contributed by atoms with Gasteiger partial charge in [0, 0.05) is 24.5 Å². The summed E-state index contributed by atoms with van der Waals surface area (Å²) >= 11 is 0. The van der Waals surface area contributed by atoms with Crippen molar-refractivity contribution in [3.05, 3.63) is 0 Å². The number of hydrogen-bond donors (Lipinski definition) is 1. The Morgan fingerprint density at radius 2 is 1.64 bits per heavy atom. The highest BCUT2D eigenvalue weighted by Crippen LogP contribution is 2.34. The van der Waals surface area contributed by atoms with Crippen LogP contribution in [0.25, 0.3) is 0 Å². The molecule has 14 heavy (non-hydrogen) atoms. The van der Waals surface area contributed by atoms with E-state index in [4.69, 9.17) is 5.11 Å². The van der Waals surface area contributed by atoms with Crippen LogP contribution in [-0.4, -0.2) is 40.9 Å². The highest BCUT2D eigenvalue weighted by Gasteiger charge is 2.49. The Bertz CT molecular complexity index is 203. The molecule has 1 aliphatic rings. The summed E-state index contributed by atoms with van der Waals surface area (Å²) in [6, 6.07) is 0. The van der Waals surface area contributed by atoms with Crippen molar-refractivity contribution in [2.45, 2.75) is 38.6 Å². The molecule has 1 saturated heterocycles. The Kier molecular flexibility index (Phi) is 2.84. The van der Waals surface area contributed by atoms with Crippen molar-refractivity contribution in [2.24, 2.45) is 5.92 Å². The standard InChI is InChI=1S/C9H16F3NO/c1-8(2,3)13-4-6(5-13)7(14)9(10,11)12/h6-7,14H,4-5H2,1-3H3. The quantitative estimate of drug-likeness (QED) is 0.712. The highest BCUT2D eigenvalue weighted by molar-refractivity contribution is 4.93. The molecule has 0 spiro atoms. The predicted molar refractivity (Wildman–Crippen MR) is 46.9 cm³/mol. The monoisotopic (exact) mass is 211 g/mol. The van der Waals surface area contributed by atoms with Gasteiger partial charge >= 0.3 is 6.18 Å². The maximum absolute atomic E-state index is 12.1. The first-order chi connectivity index (χ1) is 6.12. The fraction of sp³-hybridized carbons (Fsp3) is 1.00. The van der Waals surface area contributed by atoms with E-state index in [0.717, 1.165) is 0 Å². The van der Waals surface area contributed by atoms with Gasteiger partial charge in [0.25, 0.3) is 0 Å². The average Bonchev–Trinajstić information content (AvgIpc) is 1.77. The summed E-state index contributed by atoms with van der Waals surface area (Å²) in [7, 11) is 0. The summed E-state index contributed by atoms with van der Waals surface area (Å²) in [6.45, 7) is 6.49. The Hall–Kier alpha value is -0.290. The molecule has 1 N–H and O–H groups in total. The van der Waals surface area contributed by atoms with Crippen LogP contribution in [-0.2, 0) is 0 Å². The van der Waals surface area contributed by atoms with E-state index in [1.54, 1.807) is 0 Å². The fourth-order valence-electron chi connectivity index (χ4n) is 1.53. The molecular weight excluding hydrogens is 195 g/mol. The number of aliphatic hydroxyl groups is 1. The molecule has 0 radical (unpaired) electrons. The van der Waals surface area contributed by atoms with Crippen molar-refractivity contribution in [3.63, 3.8) is 0 Å². The molecule has 5 heteroatoms. The van der Waals surface area contributed by atoms with E-state index in [1.807, 2.05) is 25.7 Å². The van der Waals surface area contributed by atoms with Gasteiger partial charge in [0.2, 0.25) is 0 Å². The molecule has 1 heterocycles. The lowest BCUT2D eigenvalue weighted by molar-refractivity contribution is -0.236. The van der Waals surface area contributed by atoms with Crippen LogP contribution in [0.2, 0.25) is 0 Å². The van der Waals surface area contributed by atoms with Crippen LogP contribution in [0.3, 0.4) is 0 Å². The minimum Gasteiger partial charge on any atom is -0.383 e. The summed E-state index contributed by atoms with van der Waals surface area (Å²) in [5.41, 5.74) is -0.109. The zero-order valence-electron chi connectivity index (χ0n) is 8.60. The van der Waals surface area contributed by atoms with Crippen molar-refractivity contribution in [2.75, 3.05) is 13.1 Å². The first kappa shape index (κ1) is 11.8. The van der Waals surface area contributed by atoms with E-state index in [0.29, 0.717) is 13.1 Å². The van der Waals surface area contributed by atoms with E-state index in [1.165, 1.54) is 0 Å². The summed E-state index contributed by atoms with van der Waals surface area (Å²) in [6.07, 6.45) is -6.64. The molecule has 0 saturated carbocycles. The molecule has 1 unspecified atom stereocenters. The minimum absolute atomic E-state index is 0.109. The second kappa shape index (κ2) is 3.38. The number of alkyl halides is 3. The second-order valence-electron chi connectivity index (χ2n) is 4.82. The number of halogens is 3. The first-order valence-corrected chi connectivity index (χ1v) is 4.62.